The quantitative estimate of drug-likeness (QED) is 0.516. The fourth-order valence-corrected chi connectivity index (χ4v) is 2.86. The third kappa shape index (κ3) is 7.56. The van der Waals surface area contributed by atoms with E-state index in [4.69, 9.17) is 4.74 Å². The highest BCUT2D eigenvalue weighted by atomic mass is 19.4. The highest BCUT2D eigenvalue weighted by Gasteiger charge is 2.30. The topological polar surface area (TPSA) is 87.7 Å². The molecule has 6 nitrogen and oxygen atoms in total. The lowest BCUT2D eigenvalue weighted by Gasteiger charge is -2.24. The summed E-state index contributed by atoms with van der Waals surface area (Å²) in [5.41, 5.74) is -0.438. The molecular weight excluding hydrogens is 425 g/mol. The van der Waals surface area contributed by atoms with E-state index in [1.54, 1.807) is 30.3 Å². The molecule has 32 heavy (non-hydrogen) atoms. The van der Waals surface area contributed by atoms with Crippen LogP contribution in [0.2, 0.25) is 0 Å². The Labute approximate surface area is 184 Å². The van der Waals surface area contributed by atoms with Crippen molar-refractivity contribution >= 4 is 11.8 Å². The van der Waals surface area contributed by atoms with Gasteiger partial charge in [-0.05, 0) is 36.2 Å². The number of rotatable bonds is 10. The molecule has 0 aliphatic carbocycles. The number of hydrogen-bond acceptors (Lipinski definition) is 4. The fraction of sp³-hybridized carbons (Fsp3) is 0.391. The Balaban J connectivity index is 1.89. The number of halogens is 3. The van der Waals surface area contributed by atoms with Crippen LogP contribution in [-0.2, 0) is 11.0 Å². The lowest BCUT2D eigenvalue weighted by Crippen LogP contribution is -2.51. The molecule has 2 amide bonds. The van der Waals surface area contributed by atoms with Crippen LogP contribution in [0.3, 0.4) is 0 Å². The van der Waals surface area contributed by atoms with Crippen LogP contribution in [0.25, 0.3) is 0 Å². The van der Waals surface area contributed by atoms with Gasteiger partial charge in [0.2, 0.25) is 5.91 Å². The van der Waals surface area contributed by atoms with E-state index in [1.807, 2.05) is 13.8 Å². The number of carbonyl (C=O) groups excluding carboxylic acids is 2. The minimum atomic E-state index is -4.50. The van der Waals surface area contributed by atoms with Crippen molar-refractivity contribution in [3.8, 4) is 5.75 Å². The van der Waals surface area contributed by atoms with Gasteiger partial charge < -0.3 is 20.5 Å². The summed E-state index contributed by atoms with van der Waals surface area (Å²) in [5.74, 6) is -1.07. The summed E-state index contributed by atoms with van der Waals surface area (Å²) in [5, 5.41) is 15.4. The van der Waals surface area contributed by atoms with Crippen molar-refractivity contribution in [2.24, 2.45) is 5.92 Å². The number of aliphatic hydroxyl groups excluding tert-OH is 1. The summed E-state index contributed by atoms with van der Waals surface area (Å²) in [6, 6.07) is 12.0. The second kappa shape index (κ2) is 11.5. The van der Waals surface area contributed by atoms with Gasteiger partial charge >= 0.3 is 6.18 Å². The lowest BCUT2D eigenvalue weighted by atomic mass is 9.97. The molecule has 0 radical (unpaired) electrons. The smallest absolute Gasteiger partial charge is 0.416 e. The van der Waals surface area contributed by atoms with Crippen LogP contribution in [-0.4, -0.2) is 42.2 Å². The number of carbonyl (C=O) groups is 2. The predicted octanol–water partition coefficient (Wildman–Crippen LogP) is 3.41. The summed E-state index contributed by atoms with van der Waals surface area (Å²) in [6.45, 7) is 3.21. The molecule has 0 aromatic heterocycles. The summed E-state index contributed by atoms with van der Waals surface area (Å²) in [7, 11) is 0. The number of aliphatic hydroxyl groups is 1. The van der Waals surface area contributed by atoms with Gasteiger partial charge in [-0.25, -0.2) is 0 Å². The maximum absolute atomic E-state index is 12.8. The zero-order chi connectivity index (χ0) is 23.7. The van der Waals surface area contributed by atoms with Crippen LogP contribution >= 0.6 is 0 Å². The Morgan fingerprint density at radius 2 is 1.78 bits per heavy atom. The first-order valence-corrected chi connectivity index (χ1v) is 10.2. The van der Waals surface area contributed by atoms with Crippen LogP contribution in [0.15, 0.2) is 54.6 Å². The SMILES string of the molecule is CCC(C)C(NC(=O)c1ccccc1)C(=O)NCC(O)COc1cccc(C(F)(F)F)c1. The molecule has 9 heteroatoms. The number of alkyl halides is 3. The molecule has 3 N–H and O–H groups in total. The van der Waals surface area contributed by atoms with Crippen LogP contribution in [0, 0.1) is 5.92 Å². The molecule has 0 saturated carbocycles. The van der Waals surface area contributed by atoms with Crippen molar-refractivity contribution in [2.75, 3.05) is 13.2 Å². The van der Waals surface area contributed by atoms with E-state index in [0.717, 1.165) is 12.1 Å². The maximum atomic E-state index is 12.8. The summed E-state index contributed by atoms with van der Waals surface area (Å²) in [6.07, 6.45) is -5.02. The van der Waals surface area contributed by atoms with Crippen molar-refractivity contribution in [1.29, 1.82) is 0 Å². The van der Waals surface area contributed by atoms with E-state index in [1.165, 1.54) is 12.1 Å². The predicted molar refractivity (Wildman–Crippen MR) is 113 cm³/mol. The van der Waals surface area contributed by atoms with Crippen LogP contribution in [0.4, 0.5) is 13.2 Å². The van der Waals surface area contributed by atoms with Gasteiger partial charge in [0.1, 0.15) is 24.5 Å². The molecule has 0 aliphatic rings. The Morgan fingerprint density at radius 3 is 2.41 bits per heavy atom. The van der Waals surface area contributed by atoms with Crippen molar-refractivity contribution in [2.45, 2.75) is 38.6 Å². The number of benzene rings is 2. The number of hydrogen-bond donors (Lipinski definition) is 3. The molecule has 0 bridgehead atoms. The molecule has 0 aliphatic heterocycles. The molecule has 2 aromatic rings. The zero-order valence-electron chi connectivity index (χ0n) is 17.9. The molecular formula is C23H27F3N2O4. The van der Waals surface area contributed by atoms with Crippen LogP contribution < -0.4 is 15.4 Å². The zero-order valence-corrected chi connectivity index (χ0v) is 17.9. The minimum Gasteiger partial charge on any atom is -0.491 e. The van der Waals surface area contributed by atoms with Gasteiger partial charge in [0.15, 0.2) is 0 Å². The number of amides is 2. The number of nitrogens with one attached hydrogen (secondary N) is 2. The second-order valence-corrected chi connectivity index (χ2v) is 7.44. The van der Waals surface area contributed by atoms with E-state index < -0.39 is 29.8 Å². The minimum absolute atomic E-state index is 0.0437. The third-order valence-electron chi connectivity index (χ3n) is 4.93. The molecule has 0 heterocycles. The monoisotopic (exact) mass is 452 g/mol. The van der Waals surface area contributed by atoms with E-state index in [0.29, 0.717) is 12.0 Å². The van der Waals surface area contributed by atoms with E-state index in [9.17, 15) is 27.9 Å². The molecule has 3 unspecified atom stereocenters. The molecule has 0 spiro atoms. The highest BCUT2D eigenvalue weighted by molar-refractivity contribution is 5.97. The van der Waals surface area contributed by atoms with Gasteiger partial charge in [-0.3, -0.25) is 9.59 Å². The fourth-order valence-electron chi connectivity index (χ4n) is 2.86. The highest BCUT2D eigenvalue weighted by Crippen LogP contribution is 2.31. The van der Waals surface area contributed by atoms with Crippen molar-refractivity contribution in [1.82, 2.24) is 10.6 Å². The average molecular weight is 452 g/mol. The first-order valence-electron chi connectivity index (χ1n) is 10.2. The Morgan fingerprint density at radius 1 is 1.09 bits per heavy atom. The second-order valence-electron chi connectivity index (χ2n) is 7.44. The van der Waals surface area contributed by atoms with Crippen LogP contribution in [0.1, 0.15) is 36.2 Å². The molecule has 2 aromatic carbocycles. The van der Waals surface area contributed by atoms with Crippen molar-refractivity contribution < 1.29 is 32.6 Å². The van der Waals surface area contributed by atoms with Gasteiger partial charge in [-0.1, -0.05) is 44.5 Å². The maximum Gasteiger partial charge on any atom is 0.416 e. The Kier molecular flexibility index (Phi) is 9.07. The van der Waals surface area contributed by atoms with E-state index in [2.05, 4.69) is 10.6 Å². The molecule has 174 valence electrons. The third-order valence-corrected chi connectivity index (χ3v) is 4.93. The Bertz CT molecular complexity index is 890. The first-order chi connectivity index (χ1) is 15.1. The number of ether oxygens (including phenoxy) is 1. The van der Waals surface area contributed by atoms with Crippen LogP contribution in [0.5, 0.6) is 5.75 Å². The largest absolute Gasteiger partial charge is 0.491 e. The van der Waals surface area contributed by atoms with Crippen molar-refractivity contribution in [3.05, 3.63) is 65.7 Å². The van der Waals surface area contributed by atoms with Gasteiger partial charge in [0.25, 0.3) is 5.91 Å². The van der Waals surface area contributed by atoms with Gasteiger partial charge in [-0.2, -0.15) is 13.2 Å². The molecule has 3 atom stereocenters. The Hall–Kier alpha value is -3.07. The normalized spacial score (nSPS) is 14.2. The standard InChI is InChI=1S/C23H27F3N2O4/c1-3-15(2)20(28-21(30)16-8-5-4-6-9-16)22(31)27-13-18(29)14-32-19-11-7-10-17(12-19)23(24,25)26/h4-12,15,18,20,29H,3,13-14H2,1-2H3,(H,27,31)(H,28,30). The summed E-state index contributed by atoms with van der Waals surface area (Å²) >= 11 is 0. The van der Waals surface area contributed by atoms with Gasteiger partial charge in [0, 0.05) is 12.1 Å². The lowest BCUT2D eigenvalue weighted by molar-refractivity contribution is -0.137. The van der Waals surface area contributed by atoms with E-state index >= 15 is 0 Å². The molecule has 0 fully saturated rings. The average Bonchev–Trinajstić information content (AvgIpc) is 2.79. The van der Waals surface area contributed by atoms with Gasteiger partial charge in [-0.15, -0.1) is 0 Å². The van der Waals surface area contributed by atoms with Crippen molar-refractivity contribution in [3.63, 3.8) is 0 Å². The first kappa shape index (κ1) is 25.2. The molecule has 2 rings (SSSR count). The molecule has 0 saturated heterocycles. The van der Waals surface area contributed by atoms with E-state index in [-0.39, 0.29) is 30.7 Å². The summed E-state index contributed by atoms with van der Waals surface area (Å²) < 4.78 is 43.5. The summed E-state index contributed by atoms with van der Waals surface area (Å²) in [4.78, 5) is 25.1. The van der Waals surface area contributed by atoms with Gasteiger partial charge in [0.05, 0.1) is 5.56 Å².